The van der Waals surface area contributed by atoms with Crippen molar-refractivity contribution in [1.82, 2.24) is 4.67 Å². The van der Waals surface area contributed by atoms with Crippen molar-refractivity contribution < 1.29 is 0 Å². The first-order chi connectivity index (χ1) is 4.47. The molecule has 2 heterocycles. The zero-order chi connectivity index (χ0) is 6.10. The van der Waals surface area contributed by atoms with Gasteiger partial charge < -0.3 is 0 Å². The molecule has 4 nitrogen and oxygen atoms in total. The summed E-state index contributed by atoms with van der Waals surface area (Å²) in [6.07, 6.45) is 0. The van der Waals surface area contributed by atoms with E-state index in [4.69, 9.17) is 0 Å². The van der Waals surface area contributed by atoms with Gasteiger partial charge in [0.25, 0.3) is 0 Å². The summed E-state index contributed by atoms with van der Waals surface area (Å²) >= 11 is 0. The summed E-state index contributed by atoms with van der Waals surface area (Å²) in [5, 5.41) is 3.65. The lowest BCUT2D eigenvalue weighted by molar-refractivity contribution is 0.920. The lowest BCUT2D eigenvalue weighted by atomic mass is 11.0. The van der Waals surface area contributed by atoms with Crippen molar-refractivity contribution in [2.24, 2.45) is 15.0 Å². The molecule has 2 aliphatic rings. The average Bonchev–Trinajstić information content (AvgIpc) is 2.71. The Kier molecular flexibility index (Phi) is 1.83. The van der Waals surface area contributed by atoms with Crippen LogP contribution in [0.4, 0.5) is 0 Å². The molecule has 0 aromatic carbocycles. The third-order valence-electron chi connectivity index (χ3n) is 1.04. The highest BCUT2D eigenvalue weighted by atomic mass is 32.4. The molecule has 0 amide bonds. The van der Waals surface area contributed by atoms with E-state index in [0.29, 0.717) is 0 Å². The summed E-state index contributed by atoms with van der Waals surface area (Å²) in [6, 6.07) is 0. The first-order valence-electron chi connectivity index (χ1n) is 2.58. The molecule has 2 atom stereocenters. The van der Waals surface area contributed by atoms with E-state index in [1.165, 1.54) is 13.1 Å². The van der Waals surface area contributed by atoms with E-state index in [-0.39, 0.29) is 7.91 Å². The molecule has 1 saturated heterocycles. The van der Waals surface area contributed by atoms with E-state index in [2.05, 4.69) is 19.6 Å². The van der Waals surface area contributed by atoms with Crippen molar-refractivity contribution in [2.45, 2.75) is 0 Å². The highest BCUT2D eigenvalue weighted by Crippen LogP contribution is 2.70. The fourth-order valence-electron chi connectivity index (χ4n) is 0.510. The SMILES string of the molecule is C1CN1P1N=NN=PP1. The standard InChI is InChI=1S/C2H5N4P3/c1-2-6(1)9-5-3-4-7-8-9/h8H,1-2H2. The maximum atomic E-state index is 4.05. The van der Waals surface area contributed by atoms with E-state index in [1.807, 2.05) is 0 Å². The third kappa shape index (κ3) is 1.50. The maximum Gasteiger partial charge on any atom is 0.147 e. The van der Waals surface area contributed by atoms with E-state index in [9.17, 15) is 0 Å². The van der Waals surface area contributed by atoms with Gasteiger partial charge in [-0.25, -0.2) is 0 Å². The number of nitrogens with zero attached hydrogens (tertiary/aromatic N) is 4. The second kappa shape index (κ2) is 2.64. The van der Waals surface area contributed by atoms with E-state index in [1.54, 1.807) is 0 Å². The van der Waals surface area contributed by atoms with E-state index < -0.39 is 0 Å². The molecule has 0 radical (unpaired) electrons. The van der Waals surface area contributed by atoms with Crippen LogP contribution >= 0.6 is 23.9 Å². The molecular weight excluding hydrogens is 173 g/mol. The zero-order valence-electron chi connectivity index (χ0n) is 4.60. The van der Waals surface area contributed by atoms with Crippen LogP contribution in [-0.2, 0) is 0 Å². The summed E-state index contributed by atoms with van der Waals surface area (Å²) in [5.41, 5.74) is 0. The van der Waals surface area contributed by atoms with Crippen LogP contribution in [0, 0.1) is 0 Å². The molecule has 0 bridgehead atoms. The lowest BCUT2D eigenvalue weighted by Crippen LogP contribution is -1.77. The maximum absolute atomic E-state index is 4.05. The van der Waals surface area contributed by atoms with Gasteiger partial charge in [-0.1, -0.05) is 0 Å². The molecule has 0 N–H and O–H groups in total. The van der Waals surface area contributed by atoms with Crippen LogP contribution in [0.3, 0.4) is 0 Å². The van der Waals surface area contributed by atoms with Crippen molar-refractivity contribution in [2.75, 3.05) is 13.1 Å². The Labute approximate surface area is 57.4 Å². The van der Waals surface area contributed by atoms with Crippen molar-refractivity contribution in [3.63, 3.8) is 0 Å². The van der Waals surface area contributed by atoms with Gasteiger partial charge in [-0.2, -0.15) is 0 Å². The van der Waals surface area contributed by atoms with Gasteiger partial charge in [0.05, 0.1) is 8.06 Å². The lowest BCUT2D eigenvalue weighted by Gasteiger charge is -2.07. The quantitative estimate of drug-likeness (QED) is 0.449. The molecule has 0 spiro atoms. The Morgan fingerprint density at radius 3 is 3.00 bits per heavy atom. The van der Waals surface area contributed by atoms with Crippen molar-refractivity contribution >= 4 is 23.9 Å². The summed E-state index contributed by atoms with van der Waals surface area (Å²) in [7, 11) is 1.79. The fourth-order valence-corrected chi connectivity index (χ4v) is 5.91. The van der Waals surface area contributed by atoms with Crippen molar-refractivity contribution in [3.8, 4) is 0 Å². The molecule has 0 aliphatic carbocycles. The topological polar surface area (TPSA) is 40.1 Å². The normalized spacial score (nSPS) is 37.6. The summed E-state index contributed by atoms with van der Waals surface area (Å²) in [6.45, 7) is 2.46. The van der Waals surface area contributed by atoms with Gasteiger partial charge in [-0.05, 0) is 5.22 Å². The predicted octanol–water partition coefficient (Wildman–Crippen LogP) is 2.63. The molecule has 7 heteroatoms. The Balaban J connectivity index is 1.98. The van der Waals surface area contributed by atoms with Gasteiger partial charge in [0.2, 0.25) is 0 Å². The Hall–Kier alpha value is 0.520. The van der Waals surface area contributed by atoms with Gasteiger partial charge in [0.15, 0.2) is 0 Å². The molecule has 2 unspecified atom stereocenters. The Morgan fingerprint density at radius 1 is 1.56 bits per heavy atom. The van der Waals surface area contributed by atoms with Crippen LogP contribution in [0.15, 0.2) is 15.0 Å². The number of rotatable bonds is 1. The first kappa shape index (κ1) is 6.24. The van der Waals surface area contributed by atoms with Crippen LogP contribution in [0.2, 0.25) is 0 Å². The largest absolute Gasteiger partial charge is 0.256 e. The Bertz CT molecular complexity index is 163. The van der Waals surface area contributed by atoms with Crippen LogP contribution in [0.25, 0.3) is 0 Å². The highest BCUT2D eigenvalue weighted by Gasteiger charge is 2.28. The second-order valence-electron chi connectivity index (χ2n) is 1.71. The molecule has 2 aliphatic heterocycles. The Morgan fingerprint density at radius 2 is 2.44 bits per heavy atom. The average molecular weight is 178 g/mol. The minimum Gasteiger partial charge on any atom is -0.256 e. The van der Waals surface area contributed by atoms with Crippen LogP contribution in [0.5, 0.6) is 0 Å². The minimum absolute atomic E-state index is 0.206. The molecule has 1 fully saturated rings. The minimum atomic E-state index is -0.206. The monoisotopic (exact) mass is 178 g/mol. The fraction of sp³-hybridized carbons (Fsp3) is 1.00. The van der Waals surface area contributed by atoms with Gasteiger partial charge >= 0.3 is 0 Å². The van der Waals surface area contributed by atoms with Gasteiger partial charge in [-0.15, -0.1) is 9.74 Å². The molecule has 48 valence electrons. The van der Waals surface area contributed by atoms with Crippen LogP contribution in [-0.4, -0.2) is 17.8 Å². The van der Waals surface area contributed by atoms with E-state index >= 15 is 0 Å². The van der Waals surface area contributed by atoms with Gasteiger partial charge in [-0.3, -0.25) is 4.67 Å². The molecule has 0 aromatic rings. The van der Waals surface area contributed by atoms with Crippen molar-refractivity contribution in [3.05, 3.63) is 0 Å². The molecule has 2 rings (SSSR count). The summed E-state index contributed by atoms with van der Waals surface area (Å²) < 4.78 is 2.36. The van der Waals surface area contributed by atoms with Crippen LogP contribution < -0.4 is 0 Å². The summed E-state index contributed by atoms with van der Waals surface area (Å²) in [5.74, 6) is 0. The van der Waals surface area contributed by atoms with E-state index in [0.717, 1.165) is 16.0 Å². The number of hydrogen-bond donors (Lipinski definition) is 0. The summed E-state index contributed by atoms with van der Waals surface area (Å²) in [4.78, 5) is 7.82. The number of hydrogen-bond acceptors (Lipinski definition) is 4. The molecule has 9 heavy (non-hydrogen) atoms. The molecular formula is C2H5N4P3. The third-order valence-corrected chi connectivity index (χ3v) is 7.26. The van der Waals surface area contributed by atoms with Gasteiger partial charge in [0, 0.05) is 21.0 Å². The predicted molar refractivity (Wildman–Crippen MR) is 41.0 cm³/mol. The smallest absolute Gasteiger partial charge is 0.147 e. The first-order valence-corrected chi connectivity index (χ1v) is 7.36. The van der Waals surface area contributed by atoms with Crippen LogP contribution in [0.1, 0.15) is 0 Å². The molecule has 0 aromatic heterocycles. The molecule has 0 saturated carbocycles. The second-order valence-corrected chi connectivity index (χ2v) is 7.81. The van der Waals surface area contributed by atoms with Crippen molar-refractivity contribution in [1.29, 1.82) is 0 Å². The van der Waals surface area contributed by atoms with Gasteiger partial charge in [0.1, 0.15) is 7.91 Å². The zero-order valence-corrected chi connectivity index (χ0v) is 7.39. The highest BCUT2D eigenvalue weighted by molar-refractivity contribution is 8.45.